The van der Waals surface area contributed by atoms with Gasteiger partial charge in [0.15, 0.2) is 0 Å². The molecule has 0 aliphatic carbocycles. The summed E-state index contributed by atoms with van der Waals surface area (Å²) in [5, 5.41) is 6.25. The minimum Gasteiger partial charge on any atom is -0.388 e. The molecular weight excluding hydrogens is 361 g/mol. The predicted molar refractivity (Wildman–Crippen MR) is 91.1 cm³/mol. The third-order valence-electron chi connectivity index (χ3n) is 3.25. The van der Waals surface area contributed by atoms with Gasteiger partial charge in [0.1, 0.15) is 0 Å². The van der Waals surface area contributed by atoms with Crippen molar-refractivity contribution in [3.63, 3.8) is 0 Å². The summed E-state index contributed by atoms with van der Waals surface area (Å²) < 4.78 is 1.07. The van der Waals surface area contributed by atoms with Gasteiger partial charge in [-0.2, -0.15) is 0 Å². The highest BCUT2D eigenvalue weighted by atomic mass is 125. The van der Waals surface area contributed by atoms with Crippen LogP contribution >= 0.6 is 22.6 Å². The Kier molecular flexibility index (Phi) is 3.48. The van der Waals surface area contributed by atoms with Crippen LogP contribution in [0.3, 0.4) is 0 Å². The van der Waals surface area contributed by atoms with Gasteiger partial charge in [-0.15, -0.1) is 0 Å². The second kappa shape index (κ2) is 5.28. The van der Waals surface area contributed by atoms with E-state index < -0.39 is 0 Å². The molecule has 3 rings (SSSR count). The highest BCUT2D eigenvalue weighted by Crippen LogP contribution is 2.30. The average molecular weight is 374 g/mol. The molecule has 1 aliphatic heterocycles. The van der Waals surface area contributed by atoms with Crippen molar-refractivity contribution in [1.29, 1.82) is 0 Å². The van der Waals surface area contributed by atoms with E-state index in [-0.39, 0.29) is 5.78 Å². The lowest BCUT2D eigenvalue weighted by atomic mass is 10.1. The van der Waals surface area contributed by atoms with E-state index in [0.29, 0.717) is 5.70 Å². The lowest BCUT2D eigenvalue weighted by Crippen LogP contribution is -1.99. The number of ketones is 1. The number of Topliss-reactive ketones (excluding diaryl/α,β-unsaturated/α-hetero) is 1. The molecule has 1 aliphatic rings. The number of rotatable bonds is 2. The van der Waals surface area contributed by atoms with E-state index in [2.05, 4.69) is 33.2 Å². The van der Waals surface area contributed by atoms with Gasteiger partial charge in [-0.3, -0.25) is 4.79 Å². The first-order chi connectivity index (χ1) is 9.67. The first kappa shape index (κ1) is 13.2. The summed E-state index contributed by atoms with van der Waals surface area (Å²) in [5.41, 5.74) is 4.31. The minimum absolute atomic E-state index is 0.0520. The number of anilines is 2. The maximum absolute atomic E-state index is 12.3. The molecule has 0 radical (unpaired) electrons. The molecule has 0 atom stereocenters. The molecule has 2 N–H and O–H groups in total. The van der Waals surface area contributed by atoms with Crippen LogP contribution in [0.5, 0.6) is 0 Å². The van der Waals surface area contributed by atoms with Crippen molar-refractivity contribution in [1.82, 2.24) is 0 Å². The summed E-state index contributed by atoms with van der Waals surface area (Å²) >= 11 is 2.22. The number of hydrogen-bond acceptors (Lipinski definition) is 3. The van der Waals surface area contributed by atoms with E-state index in [0.717, 1.165) is 26.1 Å². The summed E-state index contributed by atoms with van der Waals surface area (Å²) in [6.45, 7) is 0. The Morgan fingerprint density at radius 1 is 1.15 bits per heavy atom. The van der Waals surface area contributed by atoms with Crippen molar-refractivity contribution >= 4 is 45.8 Å². The second-order valence-corrected chi connectivity index (χ2v) is 5.82. The van der Waals surface area contributed by atoms with E-state index in [1.54, 1.807) is 0 Å². The molecule has 20 heavy (non-hydrogen) atoms. The van der Waals surface area contributed by atoms with Gasteiger partial charge in [-0.05, 0) is 64.6 Å². The van der Waals surface area contributed by atoms with Gasteiger partial charge in [-0.25, -0.2) is 0 Å². The molecule has 2 aromatic rings. The van der Waals surface area contributed by atoms with Crippen molar-refractivity contribution in [3.05, 3.63) is 62.9 Å². The molecule has 0 unspecified atom stereocenters. The Morgan fingerprint density at radius 2 is 1.90 bits per heavy atom. The van der Waals surface area contributed by atoms with Gasteiger partial charge >= 0.3 is 0 Å². The van der Waals surface area contributed by atoms with E-state index in [1.807, 2.05) is 55.6 Å². The lowest BCUT2D eigenvalue weighted by molar-refractivity contribution is 0.104. The average Bonchev–Trinajstić information content (AvgIpc) is 2.76. The van der Waals surface area contributed by atoms with Crippen LogP contribution in [0.25, 0.3) is 6.08 Å². The van der Waals surface area contributed by atoms with Crippen LogP contribution in [-0.4, -0.2) is 12.8 Å². The zero-order valence-electron chi connectivity index (χ0n) is 10.9. The fourth-order valence-corrected chi connectivity index (χ4v) is 2.67. The Balaban J connectivity index is 1.92. The summed E-state index contributed by atoms with van der Waals surface area (Å²) in [5.74, 6) is 0.0520. The number of nitrogens with one attached hydrogen (secondary N) is 2. The third kappa shape index (κ3) is 2.43. The number of fused-ring (bicyclic) bond motifs is 1. The maximum atomic E-state index is 12.3. The quantitative estimate of drug-likeness (QED) is 0.617. The number of halogens is 1. The van der Waals surface area contributed by atoms with Gasteiger partial charge in [0.25, 0.3) is 0 Å². The third-order valence-corrected chi connectivity index (χ3v) is 3.92. The summed E-state index contributed by atoms with van der Waals surface area (Å²) in [6.07, 6.45) is 1.88. The van der Waals surface area contributed by atoms with E-state index >= 15 is 0 Å². The van der Waals surface area contributed by atoms with E-state index in [4.69, 9.17) is 0 Å². The van der Waals surface area contributed by atoms with Crippen molar-refractivity contribution in [3.8, 4) is 0 Å². The van der Waals surface area contributed by atoms with Gasteiger partial charge in [-0.1, -0.05) is 12.1 Å². The molecule has 0 saturated heterocycles. The first-order valence-corrected chi connectivity index (χ1v) is 7.36. The monoisotopic (exact) mass is 374 g/mol. The SMILES string of the molecule is CNc1ccc(/C=C2\Nc3ccc([125I])cc3C2=O)cc1. The molecule has 0 spiro atoms. The van der Waals surface area contributed by atoms with E-state index in [9.17, 15) is 4.79 Å². The lowest BCUT2D eigenvalue weighted by Gasteiger charge is -2.01. The van der Waals surface area contributed by atoms with Crippen LogP contribution in [0.1, 0.15) is 15.9 Å². The Hall–Kier alpha value is -1.82. The number of carbonyl (C=O) groups excluding carboxylic acids is 1. The molecule has 2 aromatic carbocycles. The fraction of sp³-hybridized carbons (Fsp3) is 0.0625. The summed E-state index contributed by atoms with van der Waals surface area (Å²) in [4.78, 5) is 12.3. The topological polar surface area (TPSA) is 41.1 Å². The zero-order valence-corrected chi connectivity index (χ0v) is 13.1. The summed E-state index contributed by atoms with van der Waals surface area (Å²) in [6, 6.07) is 13.8. The highest BCUT2D eigenvalue weighted by molar-refractivity contribution is 14.1. The van der Waals surface area contributed by atoms with Crippen molar-refractivity contribution in [2.45, 2.75) is 0 Å². The molecule has 4 heteroatoms. The minimum atomic E-state index is 0.0520. The fourth-order valence-electron chi connectivity index (χ4n) is 2.17. The standard InChI is InChI=1S/C16H13IN2O/c1-18-12-5-2-10(3-6-12)8-15-16(20)13-9-11(17)4-7-14(13)19-15/h2-9,18-19H,1H3/b15-8-/i17-2. The zero-order chi connectivity index (χ0) is 14.1. The molecule has 0 saturated carbocycles. The van der Waals surface area contributed by atoms with Crippen LogP contribution < -0.4 is 10.6 Å². The molecule has 0 aromatic heterocycles. The normalized spacial score (nSPS) is 15.1. The number of hydrogen-bond donors (Lipinski definition) is 2. The van der Waals surface area contributed by atoms with Crippen LogP contribution in [0.2, 0.25) is 0 Å². The van der Waals surface area contributed by atoms with Crippen molar-refractivity contribution in [2.24, 2.45) is 0 Å². The Bertz CT molecular complexity index is 705. The highest BCUT2D eigenvalue weighted by Gasteiger charge is 2.24. The van der Waals surface area contributed by atoms with Gasteiger partial charge in [0, 0.05) is 27.6 Å². The Labute approximate surface area is 131 Å². The molecule has 0 fully saturated rings. The number of allylic oxidation sites excluding steroid dienone is 1. The largest absolute Gasteiger partial charge is 0.388 e. The summed E-state index contributed by atoms with van der Waals surface area (Å²) in [7, 11) is 1.88. The number of carbonyl (C=O) groups is 1. The van der Waals surface area contributed by atoms with Gasteiger partial charge in [0.05, 0.1) is 5.70 Å². The van der Waals surface area contributed by atoms with Crippen molar-refractivity contribution in [2.75, 3.05) is 17.7 Å². The first-order valence-electron chi connectivity index (χ1n) is 6.28. The van der Waals surface area contributed by atoms with Crippen LogP contribution in [0.15, 0.2) is 48.2 Å². The molecule has 1 heterocycles. The van der Waals surface area contributed by atoms with E-state index in [1.165, 1.54) is 0 Å². The van der Waals surface area contributed by atoms with Crippen LogP contribution in [0.4, 0.5) is 11.4 Å². The van der Waals surface area contributed by atoms with Gasteiger partial charge in [0.2, 0.25) is 5.78 Å². The second-order valence-electron chi connectivity index (χ2n) is 4.57. The maximum Gasteiger partial charge on any atom is 0.211 e. The molecule has 100 valence electrons. The Morgan fingerprint density at radius 3 is 2.60 bits per heavy atom. The van der Waals surface area contributed by atoms with Crippen LogP contribution in [0, 0.1) is 3.57 Å². The van der Waals surface area contributed by atoms with Crippen LogP contribution in [-0.2, 0) is 0 Å². The molecular formula is C16H13IN2O. The molecule has 3 nitrogen and oxygen atoms in total. The van der Waals surface area contributed by atoms with Crippen molar-refractivity contribution < 1.29 is 4.79 Å². The molecule has 0 amide bonds. The predicted octanol–water partition coefficient (Wildman–Crippen LogP) is 3.98. The van der Waals surface area contributed by atoms with Gasteiger partial charge < -0.3 is 10.6 Å². The number of benzene rings is 2. The smallest absolute Gasteiger partial charge is 0.211 e. The molecule has 0 bridgehead atoms.